The minimum atomic E-state index is -0.116. The molecule has 0 bridgehead atoms. The predicted molar refractivity (Wildman–Crippen MR) is 91.2 cm³/mol. The van der Waals surface area contributed by atoms with Crippen LogP contribution in [0.25, 0.3) is 0 Å². The van der Waals surface area contributed by atoms with Gasteiger partial charge in [0.05, 0.1) is 13.0 Å². The Hall–Kier alpha value is -2.49. The molecular formula is C20H21NO3. The molecule has 2 aliphatic heterocycles. The number of nitrogens with zero attached hydrogens (tertiary/aromatic N) is 1. The van der Waals surface area contributed by atoms with Crippen molar-refractivity contribution in [2.45, 2.75) is 19.4 Å². The molecule has 24 heavy (non-hydrogen) atoms. The number of carbonyl (C=O) groups is 1. The Bertz CT molecular complexity index is 771. The van der Waals surface area contributed by atoms with Crippen molar-refractivity contribution in [1.82, 2.24) is 4.90 Å². The van der Waals surface area contributed by atoms with Gasteiger partial charge in [-0.3, -0.25) is 4.79 Å². The van der Waals surface area contributed by atoms with Crippen molar-refractivity contribution in [3.63, 3.8) is 0 Å². The first-order valence-corrected chi connectivity index (χ1v) is 8.40. The van der Waals surface area contributed by atoms with Gasteiger partial charge < -0.3 is 14.4 Å². The second-order valence-electron chi connectivity index (χ2n) is 6.44. The Balaban J connectivity index is 1.50. The van der Waals surface area contributed by atoms with Crippen LogP contribution in [-0.2, 0) is 24.2 Å². The summed E-state index contributed by atoms with van der Waals surface area (Å²) < 4.78 is 11.2. The second kappa shape index (κ2) is 6.19. The average Bonchev–Trinajstić information content (AvgIpc) is 2.66. The lowest BCUT2D eigenvalue weighted by Crippen LogP contribution is -2.43. The van der Waals surface area contributed by atoms with E-state index in [0.717, 1.165) is 30.0 Å². The summed E-state index contributed by atoms with van der Waals surface area (Å²) in [6.45, 7) is 1.91. The summed E-state index contributed by atoms with van der Waals surface area (Å²) in [5, 5.41) is 0. The average molecular weight is 323 g/mol. The van der Waals surface area contributed by atoms with E-state index in [2.05, 4.69) is 18.2 Å². The smallest absolute Gasteiger partial charge is 0.229 e. The van der Waals surface area contributed by atoms with Gasteiger partial charge in [-0.15, -0.1) is 0 Å². The van der Waals surface area contributed by atoms with Gasteiger partial charge in [-0.25, -0.2) is 0 Å². The predicted octanol–water partition coefficient (Wildman–Crippen LogP) is 2.83. The van der Waals surface area contributed by atoms with Gasteiger partial charge in [-0.1, -0.05) is 36.4 Å². The van der Waals surface area contributed by atoms with Crippen molar-refractivity contribution in [3.8, 4) is 11.5 Å². The third-order valence-corrected chi connectivity index (χ3v) is 4.97. The van der Waals surface area contributed by atoms with Crippen molar-refractivity contribution < 1.29 is 14.3 Å². The van der Waals surface area contributed by atoms with Crippen LogP contribution in [0, 0.1) is 5.92 Å². The highest BCUT2D eigenvalue weighted by Gasteiger charge is 2.32. The third-order valence-electron chi connectivity index (χ3n) is 4.97. The van der Waals surface area contributed by atoms with Crippen molar-refractivity contribution in [2.24, 2.45) is 5.92 Å². The van der Waals surface area contributed by atoms with Crippen molar-refractivity contribution in [3.05, 3.63) is 59.2 Å². The van der Waals surface area contributed by atoms with Gasteiger partial charge in [0.1, 0.15) is 6.61 Å². The van der Waals surface area contributed by atoms with Crippen LogP contribution in [0.15, 0.2) is 42.5 Å². The Kier molecular flexibility index (Phi) is 3.89. The lowest BCUT2D eigenvalue weighted by molar-refractivity contribution is -0.137. The van der Waals surface area contributed by atoms with Gasteiger partial charge in [0.25, 0.3) is 0 Å². The van der Waals surface area contributed by atoms with Crippen molar-refractivity contribution in [1.29, 1.82) is 0 Å². The molecule has 4 nitrogen and oxygen atoms in total. The molecule has 4 heteroatoms. The van der Waals surface area contributed by atoms with Gasteiger partial charge in [-0.2, -0.15) is 0 Å². The van der Waals surface area contributed by atoms with Crippen LogP contribution in [0.3, 0.4) is 0 Å². The highest BCUT2D eigenvalue weighted by molar-refractivity contribution is 5.80. The molecule has 0 saturated heterocycles. The molecule has 2 aliphatic rings. The molecule has 2 heterocycles. The number of methoxy groups -OCH3 is 1. The van der Waals surface area contributed by atoms with Crippen molar-refractivity contribution in [2.75, 3.05) is 20.3 Å². The quantitative estimate of drug-likeness (QED) is 0.853. The molecule has 4 rings (SSSR count). The number of amides is 1. The molecule has 0 radical (unpaired) electrons. The number of para-hydroxylation sites is 1. The molecule has 0 saturated carbocycles. The molecule has 1 atom stereocenters. The number of fused-ring (bicyclic) bond motifs is 2. The molecule has 0 aliphatic carbocycles. The zero-order chi connectivity index (χ0) is 16.5. The first-order valence-electron chi connectivity index (χ1n) is 8.40. The molecule has 2 aromatic rings. The van der Waals surface area contributed by atoms with E-state index in [1.54, 1.807) is 7.11 Å². The zero-order valence-corrected chi connectivity index (χ0v) is 13.8. The van der Waals surface area contributed by atoms with E-state index in [1.807, 2.05) is 29.2 Å². The van der Waals surface area contributed by atoms with E-state index in [0.29, 0.717) is 19.6 Å². The van der Waals surface area contributed by atoms with Crippen LogP contribution in [0.1, 0.15) is 16.7 Å². The summed E-state index contributed by atoms with van der Waals surface area (Å²) in [6.07, 6.45) is 1.64. The van der Waals surface area contributed by atoms with Crippen LogP contribution in [-0.4, -0.2) is 31.1 Å². The van der Waals surface area contributed by atoms with E-state index in [4.69, 9.17) is 9.47 Å². The molecule has 0 fully saturated rings. The minimum Gasteiger partial charge on any atom is -0.493 e. The van der Waals surface area contributed by atoms with E-state index >= 15 is 0 Å². The summed E-state index contributed by atoms with van der Waals surface area (Å²) in [5.74, 6) is 1.60. The van der Waals surface area contributed by atoms with Crippen LogP contribution in [0.4, 0.5) is 0 Å². The van der Waals surface area contributed by atoms with Crippen molar-refractivity contribution >= 4 is 5.91 Å². The summed E-state index contributed by atoms with van der Waals surface area (Å²) in [7, 11) is 1.64. The lowest BCUT2D eigenvalue weighted by Gasteiger charge is -2.33. The first-order chi connectivity index (χ1) is 11.8. The highest BCUT2D eigenvalue weighted by Crippen LogP contribution is 2.36. The molecular weight excluding hydrogens is 302 g/mol. The molecule has 124 valence electrons. The maximum Gasteiger partial charge on any atom is 0.229 e. The Morgan fingerprint density at radius 2 is 1.92 bits per heavy atom. The summed E-state index contributed by atoms with van der Waals surface area (Å²) in [4.78, 5) is 14.9. The molecule has 1 unspecified atom stereocenters. The van der Waals surface area contributed by atoms with Crippen LogP contribution in [0.2, 0.25) is 0 Å². The largest absolute Gasteiger partial charge is 0.493 e. The second-order valence-corrected chi connectivity index (χ2v) is 6.44. The van der Waals surface area contributed by atoms with E-state index in [9.17, 15) is 4.79 Å². The highest BCUT2D eigenvalue weighted by atomic mass is 16.5. The Morgan fingerprint density at radius 3 is 2.75 bits per heavy atom. The fourth-order valence-electron chi connectivity index (χ4n) is 3.66. The Morgan fingerprint density at radius 1 is 1.12 bits per heavy atom. The van der Waals surface area contributed by atoms with Crippen LogP contribution in [0.5, 0.6) is 11.5 Å². The number of hydrogen-bond acceptors (Lipinski definition) is 3. The van der Waals surface area contributed by atoms with E-state index in [1.165, 1.54) is 11.1 Å². The van der Waals surface area contributed by atoms with Gasteiger partial charge >= 0.3 is 0 Å². The number of ether oxygens (including phenoxy) is 2. The van der Waals surface area contributed by atoms with Gasteiger partial charge in [-0.05, 0) is 35.6 Å². The maximum absolute atomic E-state index is 12.9. The molecule has 0 aromatic heterocycles. The fraction of sp³-hybridized carbons (Fsp3) is 0.350. The molecule has 0 spiro atoms. The fourth-order valence-corrected chi connectivity index (χ4v) is 3.66. The number of hydrogen-bond donors (Lipinski definition) is 0. The first kappa shape index (κ1) is 15.1. The third kappa shape index (κ3) is 2.62. The zero-order valence-electron chi connectivity index (χ0n) is 13.8. The summed E-state index contributed by atoms with van der Waals surface area (Å²) >= 11 is 0. The standard InChI is InChI=1S/C20H21NO3/c1-23-18-8-4-7-15-11-17(13-24-19(15)18)20(22)21-10-9-14-5-2-3-6-16(14)12-21/h2-8,17H,9-13H2,1H3. The maximum atomic E-state index is 12.9. The lowest BCUT2D eigenvalue weighted by atomic mass is 9.93. The summed E-state index contributed by atoms with van der Waals surface area (Å²) in [5.41, 5.74) is 3.67. The normalized spacial score (nSPS) is 19.0. The van der Waals surface area contributed by atoms with E-state index < -0.39 is 0 Å². The van der Waals surface area contributed by atoms with Gasteiger partial charge in [0.2, 0.25) is 5.91 Å². The number of carbonyl (C=O) groups excluding carboxylic acids is 1. The number of benzene rings is 2. The van der Waals surface area contributed by atoms with Gasteiger partial charge in [0.15, 0.2) is 11.5 Å². The number of rotatable bonds is 2. The monoisotopic (exact) mass is 323 g/mol. The van der Waals surface area contributed by atoms with Crippen LogP contribution >= 0.6 is 0 Å². The topological polar surface area (TPSA) is 38.8 Å². The summed E-state index contributed by atoms with van der Waals surface area (Å²) in [6, 6.07) is 14.2. The minimum absolute atomic E-state index is 0.116. The Labute approximate surface area is 142 Å². The molecule has 0 N–H and O–H groups in total. The van der Waals surface area contributed by atoms with E-state index in [-0.39, 0.29) is 11.8 Å². The van der Waals surface area contributed by atoms with Gasteiger partial charge in [0, 0.05) is 13.1 Å². The SMILES string of the molecule is COc1cccc2c1OCC(C(=O)N1CCc3ccccc3C1)C2. The molecule has 2 aromatic carbocycles. The molecule has 1 amide bonds. The van der Waals surface area contributed by atoms with Crippen LogP contribution < -0.4 is 9.47 Å².